The zero-order valence-corrected chi connectivity index (χ0v) is 18.0. The minimum Gasteiger partial charge on any atom is -0.461 e. The number of H-pyrrole nitrogens is 1. The molecule has 3 rings (SSSR count). The number of nitrogens with one attached hydrogen (secondary N) is 1. The normalized spacial score (nSPS) is 27.5. The fourth-order valence-electron chi connectivity index (χ4n) is 4.17. The second-order valence-electron chi connectivity index (χ2n) is 8.48. The number of aliphatic hydroxyl groups excluding tert-OH is 4. The van der Waals surface area contributed by atoms with Crippen LogP contribution in [0.2, 0.25) is 0 Å². The van der Waals surface area contributed by atoms with Gasteiger partial charge in [0.15, 0.2) is 0 Å². The van der Waals surface area contributed by atoms with E-state index < -0.39 is 37.3 Å². The van der Waals surface area contributed by atoms with Crippen LogP contribution in [0.3, 0.4) is 0 Å². The van der Waals surface area contributed by atoms with Gasteiger partial charge in [-0.1, -0.05) is 6.07 Å². The quantitative estimate of drug-likeness (QED) is 0.431. The number of hydrogen-bond acceptors (Lipinski definition) is 7. The molecule has 5 N–H and O–H groups in total. The number of aliphatic hydroxyl groups is 4. The number of aromatic amines is 1. The first-order valence-corrected chi connectivity index (χ1v) is 10.6. The molecule has 0 saturated carbocycles. The zero-order chi connectivity index (χ0) is 22.0. The summed E-state index contributed by atoms with van der Waals surface area (Å²) in [4.78, 5) is 5.68. The molecule has 8 nitrogen and oxygen atoms in total. The Balaban J connectivity index is 1.84. The molecule has 1 aliphatic heterocycles. The number of fused-ring (bicyclic) bond motifs is 1. The van der Waals surface area contributed by atoms with Crippen molar-refractivity contribution >= 4 is 10.9 Å². The maximum atomic E-state index is 10.3. The molecule has 0 amide bonds. The van der Waals surface area contributed by atoms with Crippen molar-refractivity contribution in [1.82, 2.24) is 9.88 Å². The number of ether oxygens (including phenoxy) is 2. The van der Waals surface area contributed by atoms with E-state index in [9.17, 15) is 20.4 Å². The van der Waals surface area contributed by atoms with Gasteiger partial charge in [-0.25, -0.2) is 0 Å². The van der Waals surface area contributed by atoms with Gasteiger partial charge in [0.1, 0.15) is 30.2 Å². The van der Waals surface area contributed by atoms with Crippen molar-refractivity contribution in [3.8, 4) is 5.75 Å². The molecule has 8 heteroatoms. The Kier molecular flexibility index (Phi) is 7.38. The summed E-state index contributed by atoms with van der Waals surface area (Å²) in [5.41, 5.74) is 1.98. The van der Waals surface area contributed by atoms with E-state index in [4.69, 9.17) is 9.47 Å². The summed E-state index contributed by atoms with van der Waals surface area (Å²) >= 11 is 0. The molecule has 1 aliphatic rings. The highest BCUT2D eigenvalue weighted by molar-refractivity contribution is 5.89. The highest BCUT2D eigenvalue weighted by atomic mass is 16.7. The second kappa shape index (κ2) is 9.64. The lowest BCUT2D eigenvalue weighted by Gasteiger charge is -2.39. The Morgan fingerprint density at radius 1 is 1.07 bits per heavy atom. The smallest absolute Gasteiger partial charge is 0.229 e. The summed E-state index contributed by atoms with van der Waals surface area (Å²) in [5.74, 6) is 0.508. The van der Waals surface area contributed by atoms with Gasteiger partial charge in [-0.3, -0.25) is 4.90 Å². The minimum atomic E-state index is -1.48. The SMILES string of the molecule is CC(C)N(CCc1c[nH]c2cccc(O[C@H]3O[C@H](CO)[C@@H](O)[C@H](O)[C@H]3O)c12)C(C)C. The highest BCUT2D eigenvalue weighted by Gasteiger charge is 2.44. The number of rotatable bonds is 8. The van der Waals surface area contributed by atoms with E-state index in [1.807, 2.05) is 18.3 Å². The van der Waals surface area contributed by atoms with Gasteiger partial charge in [0.2, 0.25) is 6.29 Å². The average molecular weight is 423 g/mol. The van der Waals surface area contributed by atoms with Gasteiger partial charge in [0, 0.05) is 35.7 Å². The Morgan fingerprint density at radius 2 is 1.77 bits per heavy atom. The van der Waals surface area contributed by atoms with Crippen LogP contribution in [0.1, 0.15) is 33.3 Å². The first kappa shape index (κ1) is 23.0. The standard InChI is InChI=1S/C22H34N2O6/c1-12(2)24(13(3)4)9-8-14-10-23-15-6-5-7-16(18(14)15)29-22-21(28)20(27)19(26)17(11-25)30-22/h5-7,10,12-13,17,19-23,25-28H,8-9,11H2,1-4H3/t17-,19-,20+,21-,22+/m1/s1. The maximum absolute atomic E-state index is 10.3. The van der Waals surface area contributed by atoms with Crippen molar-refractivity contribution in [3.05, 3.63) is 30.0 Å². The Morgan fingerprint density at radius 3 is 2.40 bits per heavy atom. The molecule has 0 bridgehead atoms. The Labute approximate surface area is 177 Å². The maximum Gasteiger partial charge on any atom is 0.229 e. The molecule has 1 saturated heterocycles. The molecule has 30 heavy (non-hydrogen) atoms. The van der Waals surface area contributed by atoms with Crippen molar-refractivity contribution in [3.63, 3.8) is 0 Å². The van der Waals surface area contributed by atoms with E-state index in [0.717, 1.165) is 29.4 Å². The molecule has 2 heterocycles. The topological polar surface area (TPSA) is 118 Å². The van der Waals surface area contributed by atoms with Crippen LogP contribution in [-0.4, -0.2) is 86.3 Å². The third-order valence-electron chi connectivity index (χ3n) is 5.81. The molecule has 0 aliphatic carbocycles. The van der Waals surface area contributed by atoms with E-state index >= 15 is 0 Å². The summed E-state index contributed by atoms with van der Waals surface area (Å²) in [6.45, 7) is 9.12. The molecule has 0 unspecified atom stereocenters. The van der Waals surface area contributed by atoms with Crippen molar-refractivity contribution < 1.29 is 29.9 Å². The van der Waals surface area contributed by atoms with E-state index in [1.54, 1.807) is 6.07 Å². The van der Waals surface area contributed by atoms with E-state index in [0.29, 0.717) is 17.8 Å². The summed E-state index contributed by atoms with van der Waals surface area (Å²) < 4.78 is 11.5. The largest absolute Gasteiger partial charge is 0.461 e. The molecular weight excluding hydrogens is 388 g/mol. The number of hydrogen-bond donors (Lipinski definition) is 5. The van der Waals surface area contributed by atoms with Crippen LogP contribution in [0.5, 0.6) is 5.75 Å². The fourth-order valence-corrected chi connectivity index (χ4v) is 4.17. The Bertz CT molecular complexity index is 813. The summed E-state index contributed by atoms with van der Waals surface area (Å²) in [6.07, 6.45) is -3.79. The van der Waals surface area contributed by atoms with Crippen molar-refractivity contribution in [1.29, 1.82) is 0 Å². The summed E-state index contributed by atoms with van der Waals surface area (Å²) in [6, 6.07) is 6.42. The minimum absolute atomic E-state index is 0.431. The third-order valence-corrected chi connectivity index (χ3v) is 5.81. The number of aromatic nitrogens is 1. The van der Waals surface area contributed by atoms with Crippen LogP contribution >= 0.6 is 0 Å². The summed E-state index contributed by atoms with van der Waals surface area (Å²) in [7, 11) is 0. The lowest BCUT2D eigenvalue weighted by Crippen LogP contribution is -2.60. The van der Waals surface area contributed by atoms with Crippen molar-refractivity contribution in [2.75, 3.05) is 13.2 Å². The molecular formula is C22H34N2O6. The molecule has 1 aromatic carbocycles. The van der Waals surface area contributed by atoms with E-state index in [-0.39, 0.29) is 0 Å². The molecule has 1 aromatic heterocycles. The van der Waals surface area contributed by atoms with Gasteiger partial charge >= 0.3 is 0 Å². The van der Waals surface area contributed by atoms with E-state index in [1.165, 1.54) is 0 Å². The number of nitrogens with zero attached hydrogens (tertiary/aromatic N) is 1. The third kappa shape index (κ3) is 4.64. The molecule has 5 atom stereocenters. The van der Waals surface area contributed by atoms with Crippen LogP contribution in [0, 0.1) is 0 Å². The zero-order valence-electron chi connectivity index (χ0n) is 18.0. The van der Waals surface area contributed by atoms with Crippen molar-refractivity contribution in [2.24, 2.45) is 0 Å². The fraction of sp³-hybridized carbons (Fsp3) is 0.636. The van der Waals surface area contributed by atoms with Crippen LogP contribution in [0.15, 0.2) is 24.4 Å². The molecule has 0 spiro atoms. The predicted octanol–water partition coefficient (Wildman–Crippen LogP) is 1.01. The lowest BCUT2D eigenvalue weighted by molar-refractivity contribution is -0.277. The van der Waals surface area contributed by atoms with Crippen molar-refractivity contribution in [2.45, 2.75) is 76.9 Å². The van der Waals surface area contributed by atoms with Gasteiger partial charge in [-0.2, -0.15) is 0 Å². The predicted molar refractivity (Wildman–Crippen MR) is 113 cm³/mol. The first-order valence-electron chi connectivity index (χ1n) is 10.6. The lowest BCUT2D eigenvalue weighted by atomic mass is 9.99. The molecule has 0 radical (unpaired) electrons. The first-order chi connectivity index (χ1) is 14.2. The van der Waals surface area contributed by atoms with Crippen LogP contribution in [-0.2, 0) is 11.2 Å². The van der Waals surface area contributed by atoms with Gasteiger partial charge in [0.25, 0.3) is 0 Å². The monoisotopic (exact) mass is 422 g/mol. The second-order valence-corrected chi connectivity index (χ2v) is 8.48. The van der Waals surface area contributed by atoms with Gasteiger partial charge in [-0.05, 0) is 51.8 Å². The van der Waals surface area contributed by atoms with Crippen LogP contribution in [0.4, 0.5) is 0 Å². The van der Waals surface area contributed by atoms with Gasteiger partial charge in [-0.15, -0.1) is 0 Å². The number of benzene rings is 1. The van der Waals surface area contributed by atoms with E-state index in [2.05, 4.69) is 37.6 Å². The van der Waals surface area contributed by atoms with Crippen LogP contribution < -0.4 is 4.74 Å². The molecule has 1 fully saturated rings. The van der Waals surface area contributed by atoms with Crippen LogP contribution in [0.25, 0.3) is 10.9 Å². The Hall–Kier alpha value is -1.68. The molecule has 2 aromatic rings. The molecule has 168 valence electrons. The summed E-state index contributed by atoms with van der Waals surface area (Å²) in [5, 5.41) is 40.6. The van der Waals surface area contributed by atoms with Gasteiger partial charge in [0.05, 0.1) is 6.61 Å². The average Bonchev–Trinajstić information content (AvgIpc) is 3.12. The van der Waals surface area contributed by atoms with Gasteiger partial charge < -0.3 is 34.9 Å². The highest BCUT2D eigenvalue weighted by Crippen LogP contribution is 2.32.